The molecule has 0 radical (unpaired) electrons. The van der Waals surface area contributed by atoms with Crippen molar-refractivity contribution in [2.75, 3.05) is 26.4 Å². The van der Waals surface area contributed by atoms with Crippen molar-refractivity contribution in [1.29, 1.82) is 0 Å². The molecule has 8 aliphatic carbocycles. The molecule has 0 unspecified atom stereocenters. The fourth-order valence-corrected chi connectivity index (χ4v) is 13.6. The summed E-state index contributed by atoms with van der Waals surface area (Å²) < 4.78 is 24.5. The second-order valence-electron chi connectivity index (χ2n) is 19.1. The first-order valence-electron chi connectivity index (χ1n) is 21.9. The largest absolute Gasteiger partial charge is 0.492 e. The van der Waals surface area contributed by atoms with E-state index in [0.29, 0.717) is 50.1 Å². The van der Waals surface area contributed by atoms with Crippen molar-refractivity contribution in [3.63, 3.8) is 0 Å². The predicted molar refractivity (Wildman–Crippen MR) is 213 cm³/mol. The zero-order valence-corrected chi connectivity index (χ0v) is 32.5. The van der Waals surface area contributed by atoms with Gasteiger partial charge in [-0.05, 0) is 162 Å². The molecule has 8 bridgehead atoms. The molecule has 3 aromatic rings. The summed E-state index contributed by atoms with van der Waals surface area (Å²) in [6, 6.07) is 16.6. The molecule has 0 N–H and O–H groups in total. The van der Waals surface area contributed by atoms with Crippen LogP contribution in [0.15, 0.2) is 48.5 Å². The predicted octanol–water partition coefficient (Wildman–Crippen LogP) is 11.4. The van der Waals surface area contributed by atoms with Crippen molar-refractivity contribution in [2.24, 2.45) is 46.3 Å². The van der Waals surface area contributed by atoms with E-state index < -0.39 is 0 Å². The number of carbonyl (C=O) groups excluding carboxylic acids is 2. The highest BCUT2D eigenvalue weighted by Crippen LogP contribution is 2.62. The van der Waals surface area contributed by atoms with Crippen LogP contribution in [0, 0.1) is 46.3 Å². The highest BCUT2D eigenvalue weighted by molar-refractivity contribution is 6.11. The molecule has 6 nitrogen and oxygen atoms in total. The van der Waals surface area contributed by atoms with Crippen LogP contribution in [-0.4, -0.2) is 38.4 Å². The first-order chi connectivity index (χ1) is 26.4. The Bertz CT molecular complexity index is 1550. The van der Waals surface area contributed by atoms with E-state index in [1.54, 1.807) is 0 Å². The molecular formula is C48H62O6. The Morgan fingerprint density at radius 3 is 1.09 bits per heavy atom. The molecule has 8 fully saturated rings. The molecule has 8 saturated carbocycles. The molecule has 0 saturated heterocycles. The number of fused-ring (bicyclic) bond motifs is 2. The Morgan fingerprint density at radius 1 is 0.463 bits per heavy atom. The number of hydrogen-bond donors (Lipinski definition) is 0. The number of hydrogen-bond acceptors (Lipinski definition) is 6. The molecular weight excluding hydrogens is 673 g/mol. The van der Waals surface area contributed by atoms with Gasteiger partial charge in [0.15, 0.2) is 0 Å². The Hall–Kier alpha value is -3.28. The topological polar surface area (TPSA) is 71.1 Å². The van der Waals surface area contributed by atoms with Gasteiger partial charge in [0.05, 0.1) is 26.4 Å². The minimum Gasteiger partial charge on any atom is -0.492 e. The van der Waals surface area contributed by atoms with Crippen LogP contribution in [0.5, 0.6) is 11.5 Å². The average molecular weight is 735 g/mol. The number of unbranched alkanes of at least 4 members (excludes halogenated alkanes) is 2. The van der Waals surface area contributed by atoms with Gasteiger partial charge < -0.3 is 18.9 Å². The summed E-state index contributed by atoms with van der Waals surface area (Å²) >= 11 is 0. The maximum Gasteiger partial charge on any atom is 0.305 e. The van der Waals surface area contributed by atoms with E-state index in [9.17, 15) is 9.59 Å². The second kappa shape index (κ2) is 15.7. The summed E-state index contributed by atoms with van der Waals surface area (Å²) in [6.45, 7) is 2.24. The van der Waals surface area contributed by atoms with Crippen LogP contribution in [0.1, 0.15) is 128 Å². The van der Waals surface area contributed by atoms with Crippen molar-refractivity contribution in [1.82, 2.24) is 0 Å². The van der Waals surface area contributed by atoms with Gasteiger partial charge in [0.25, 0.3) is 0 Å². The molecule has 0 aromatic heterocycles. The van der Waals surface area contributed by atoms with Gasteiger partial charge in [0, 0.05) is 34.4 Å². The first kappa shape index (κ1) is 36.4. The molecule has 0 atom stereocenters. The third-order valence-electron chi connectivity index (χ3n) is 15.0. The van der Waals surface area contributed by atoms with E-state index in [-0.39, 0.29) is 11.9 Å². The van der Waals surface area contributed by atoms with Crippen molar-refractivity contribution >= 4 is 33.5 Å². The van der Waals surface area contributed by atoms with E-state index in [1.165, 1.54) is 77.0 Å². The van der Waals surface area contributed by atoms with Crippen LogP contribution in [0.4, 0.5) is 0 Å². The highest BCUT2D eigenvalue weighted by Gasteiger charge is 2.51. The first-order valence-corrected chi connectivity index (χ1v) is 21.9. The van der Waals surface area contributed by atoms with Crippen LogP contribution in [-0.2, 0) is 19.1 Å². The standard InChI is InChI=1S/C48H62O6/c49-43(51-19-15-47-27-33-21-34(28-47)23-35(22-33)29-47)13-5-7-17-53-45-39-9-1-2-10-40(39)46(42-12-4-3-11-41(42)45)54-18-8-6-14-44(50)52-20-16-48-30-36-24-37(31-48)26-38(25-36)32-48/h1-4,9-12,33-38H,5-8,13-32H2. The molecule has 0 amide bonds. The molecule has 0 spiro atoms. The average Bonchev–Trinajstić information content (AvgIpc) is 3.14. The summed E-state index contributed by atoms with van der Waals surface area (Å²) in [5, 5.41) is 4.10. The number of esters is 2. The Morgan fingerprint density at radius 2 is 0.778 bits per heavy atom. The molecule has 0 aliphatic heterocycles. The Labute approximate surface area is 322 Å². The van der Waals surface area contributed by atoms with Crippen molar-refractivity contribution in [2.45, 2.75) is 128 Å². The van der Waals surface area contributed by atoms with Crippen molar-refractivity contribution in [3.8, 4) is 11.5 Å². The van der Waals surface area contributed by atoms with Gasteiger partial charge >= 0.3 is 11.9 Å². The fraction of sp³-hybridized carbons (Fsp3) is 0.667. The highest BCUT2D eigenvalue weighted by atomic mass is 16.5. The van der Waals surface area contributed by atoms with Crippen molar-refractivity contribution in [3.05, 3.63) is 48.5 Å². The minimum absolute atomic E-state index is 0.0681. The van der Waals surface area contributed by atoms with Gasteiger partial charge in [-0.15, -0.1) is 0 Å². The molecule has 11 rings (SSSR count). The summed E-state index contributed by atoms with van der Waals surface area (Å²) in [6.07, 6.45) is 23.0. The molecule has 54 heavy (non-hydrogen) atoms. The number of carbonyl (C=O) groups is 2. The molecule has 3 aromatic carbocycles. The molecule has 6 heteroatoms. The maximum absolute atomic E-state index is 12.6. The lowest BCUT2D eigenvalue weighted by Crippen LogP contribution is -2.46. The zero-order chi connectivity index (χ0) is 36.5. The third-order valence-corrected chi connectivity index (χ3v) is 15.0. The van der Waals surface area contributed by atoms with Gasteiger partial charge in [-0.3, -0.25) is 9.59 Å². The van der Waals surface area contributed by atoms with Crippen LogP contribution >= 0.6 is 0 Å². The van der Waals surface area contributed by atoms with Gasteiger partial charge in [-0.1, -0.05) is 48.5 Å². The second-order valence-corrected chi connectivity index (χ2v) is 19.1. The monoisotopic (exact) mass is 734 g/mol. The Kier molecular flexibility index (Phi) is 10.6. The molecule has 290 valence electrons. The minimum atomic E-state index is -0.0681. The molecule has 0 heterocycles. The lowest BCUT2D eigenvalue weighted by Gasteiger charge is -2.57. The van der Waals surface area contributed by atoms with Gasteiger partial charge in [-0.2, -0.15) is 0 Å². The van der Waals surface area contributed by atoms with Crippen LogP contribution in [0.3, 0.4) is 0 Å². The summed E-state index contributed by atoms with van der Waals surface area (Å²) in [5.41, 5.74) is 0.912. The van der Waals surface area contributed by atoms with Crippen LogP contribution in [0.2, 0.25) is 0 Å². The smallest absolute Gasteiger partial charge is 0.305 e. The summed E-state index contributed by atoms with van der Waals surface area (Å²) in [4.78, 5) is 25.3. The quantitative estimate of drug-likeness (QED) is 0.0736. The molecule has 8 aliphatic rings. The Balaban J connectivity index is 0.718. The lowest BCUT2D eigenvalue weighted by atomic mass is 9.49. The normalized spacial score (nSPS) is 31.6. The van der Waals surface area contributed by atoms with E-state index >= 15 is 0 Å². The van der Waals surface area contributed by atoms with E-state index in [4.69, 9.17) is 18.9 Å². The maximum atomic E-state index is 12.6. The SMILES string of the molecule is O=C(CCCCOc1c2ccccc2c(OCCCCC(=O)OCCC23CC4CC(CC(C4)C2)C3)c2ccccc12)OCCC12CC3CC(CC(C3)C1)C2. The lowest BCUT2D eigenvalue weighted by molar-refractivity contribution is -0.147. The summed E-state index contributed by atoms with van der Waals surface area (Å²) in [7, 11) is 0. The van der Waals surface area contributed by atoms with Gasteiger partial charge in [0.2, 0.25) is 0 Å². The third kappa shape index (κ3) is 7.87. The van der Waals surface area contributed by atoms with Gasteiger partial charge in [-0.25, -0.2) is 0 Å². The van der Waals surface area contributed by atoms with E-state index in [2.05, 4.69) is 24.3 Å². The van der Waals surface area contributed by atoms with E-state index in [1.807, 2.05) is 24.3 Å². The number of ether oxygens (including phenoxy) is 4. The van der Waals surface area contributed by atoms with E-state index in [0.717, 1.165) is 107 Å². The zero-order valence-electron chi connectivity index (χ0n) is 32.5. The van der Waals surface area contributed by atoms with Crippen molar-refractivity contribution < 1.29 is 28.5 Å². The fourth-order valence-electron chi connectivity index (χ4n) is 13.6. The van der Waals surface area contributed by atoms with Gasteiger partial charge in [0.1, 0.15) is 11.5 Å². The van der Waals surface area contributed by atoms with Crippen LogP contribution in [0.25, 0.3) is 21.5 Å². The number of benzene rings is 3. The summed E-state index contributed by atoms with van der Waals surface area (Å²) in [5.74, 6) is 7.20. The van der Waals surface area contributed by atoms with Crippen LogP contribution < -0.4 is 9.47 Å². The number of rotatable bonds is 18.